The zero-order valence-electron chi connectivity index (χ0n) is 5.76. The molecule has 0 fully saturated rings. The van der Waals surface area contributed by atoms with E-state index in [0.717, 1.165) is 18.7 Å². The largest absolute Gasteiger partial charge is 0.470 e. The summed E-state index contributed by atoms with van der Waals surface area (Å²) in [7, 11) is 0. The summed E-state index contributed by atoms with van der Waals surface area (Å²) >= 11 is 0. The highest BCUT2D eigenvalue weighted by molar-refractivity contribution is 5.52. The van der Waals surface area contributed by atoms with Gasteiger partial charge in [0.2, 0.25) is 0 Å². The molecule has 2 heteroatoms. The smallest absolute Gasteiger partial charge is 0.114 e. The minimum atomic E-state index is 0.412. The maximum atomic E-state index is 5.04. The number of fused-ring (bicyclic) bond motifs is 1. The van der Waals surface area contributed by atoms with Crippen LogP contribution >= 0.6 is 0 Å². The van der Waals surface area contributed by atoms with Crippen LogP contribution in [0.5, 0.6) is 0 Å². The Hall–Kier alpha value is -0.920. The van der Waals surface area contributed by atoms with Crippen LogP contribution in [0.2, 0.25) is 0 Å². The van der Waals surface area contributed by atoms with Crippen molar-refractivity contribution in [3.8, 4) is 0 Å². The summed E-state index contributed by atoms with van der Waals surface area (Å²) in [6.45, 7) is 5.03. The highest BCUT2D eigenvalue weighted by Gasteiger charge is 2.16. The lowest BCUT2D eigenvalue weighted by Gasteiger charge is -2.18. The second kappa shape index (κ2) is 2.04. The van der Waals surface area contributed by atoms with E-state index in [2.05, 4.69) is 12.2 Å². The molecular formula is C8H10NO. The Labute approximate surface area is 60.2 Å². The molecule has 0 aromatic carbocycles. The second-order valence-electron chi connectivity index (χ2n) is 2.65. The van der Waals surface area contributed by atoms with Crippen molar-refractivity contribution in [1.82, 2.24) is 0 Å². The van der Waals surface area contributed by atoms with Gasteiger partial charge >= 0.3 is 0 Å². The first-order valence-corrected chi connectivity index (χ1v) is 3.51. The van der Waals surface area contributed by atoms with Crippen molar-refractivity contribution in [1.29, 1.82) is 0 Å². The van der Waals surface area contributed by atoms with Crippen LogP contribution in [0.4, 0.5) is 5.69 Å². The average molecular weight is 136 g/mol. The quantitative estimate of drug-likeness (QED) is 0.590. The Morgan fingerprint density at radius 2 is 2.50 bits per heavy atom. The summed E-state index contributed by atoms with van der Waals surface area (Å²) in [6.07, 6.45) is 4.62. The number of anilines is 1. The van der Waals surface area contributed by atoms with Crippen LogP contribution in [-0.4, -0.2) is 6.54 Å². The zero-order valence-corrected chi connectivity index (χ0v) is 5.76. The lowest BCUT2D eigenvalue weighted by atomic mass is 9.96. The molecule has 2 heterocycles. The maximum Gasteiger partial charge on any atom is 0.114 e. The molecule has 0 spiro atoms. The van der Waals surface area contributed by atoms with E-state index >= 15 is 0 Å². The Morgan fingerprint density at radius 3 is 3.30 bits per heavy atom. The molecule has 2 nitrogen and oxygen atoms in total. The first kappa shape index (κ1) is 5.83. The van der Waals surface area contributed by atoms with Gasteiger partial charge in [0.25, 0.3) is 0 Å². The molecule has 1 N–H and O–H groups in total. The standard InChI is InChI=1S/C8H10NO/c1-6-2-3-9-8-5-10-4-7(6)8/h4-6,9H,1-3H2. The molecule has 10 heavy (non-hydrogen) atoms. The molecular weight excluding hydrogens is 126 g/mol. The summed E-state index contributed by atoms with van der Waals surface area (Å²) in [5, 5.41) is 3.24. The third-order valence-corrected chi connectivity index (χ3v) is 1.94. The monoisotopic (exact) mass is 136 g/mol. The minimum absolute atomic E-state index is 0.412. The van der Waals surface area contributed by atoms with E-state index in [4.69, 9.17) is 4.42 Å². The van der Waals surface area contributed by atoms with E-state index in [0.29, 0.717) is 5.92 Å². The van der Waals surface area contributed by atoms with Crippen LogP contribution in [0.15, 0.2) is 16.9 Å². The van der Waals surface area contributed by atoms with Crippen LogP contribution in [0.1, 0.15) is 17.9 Å². The molecule has 1 aromatic rings. The van der Waals surface area contributed by atoms with Gasteiger partial charge in [-0.05, 0) is 19.3 Å². The third kappa shape index (κ3) is 0.719. The van der Waals surface area contributed by atoms with Gasteiger partial charge in [0, 0.05) is 12.1 Å². The lowest BCUT2D eigenvalue weighted by molar-refractivity contribution is 0.563. The topological polar surface area (TPSA) is 25.2 Å². The Balaban J connectivity index is 2.41. The molecule has 1 atom stereocenters. The van der Waals surface area contributed by atoms with Crippen molar-refractivity contribution in [3.63, 3.8) is 0 Å². The van der Waals surface area contributed by atoms with Crippen molar-refractivity contribution >= 4 is 5.69 Å². The highest BCUT2D eigenvalue weighted by Crippen LogP contribution is 2.31. The Bertz CT molecular complexity index is 229. The van der Waals surface area contributed by atoms with Crippen LogP contribution in [0.25, 0.3) is 0 Å². The normalized spacial score (nSPS) is 23.5. The summed E-state index contributed by atoms with van der Waals surface area (Å²) in [4.78, 5) is 0. The van der Waals surface area contributed by atoms with Crippen LogP contribution in [0, 0.1) is 6.92 Å². The third-order valence-electron chi connectivity index (χ3n) is 1.94. The first-order chi connectivity index (χ1) is 4.88. The van der Waals surface area contributed by atoms with Crippen LogP contribution in [0.3, 0.4) is 0 Å². The SMILES string of the molecule is [CH2]C1CCNc2cocc21. The number of rotatable bonds is 0. The molecule has 1 radical (unpaired) electrons. The fourth-order valence-corrected chi connectivity index (χ4v) is 1.30. The van der Waals surface area contributed by atoms with Crippen molar-refractivity contribution in [2.24, 2.45) is 0 Å². The summed E-state index contributed by atoms with van der Waals surface area (Å²) in [5.41, 5.74) is 2.33. The Morgan fingerprint density at radius 1 is 1.60 bits per heavy atom. The maximum absolute atomic E-state index is 5.04. The minimum Gasteiger partial charge on any atom is -0.470 e. The molecule has 0 amide bonds. The molecule has 2 rings (SSSR count). The molecule has 1 aliphatic heterocycles. The second-order valence-corrected chi connectivity index (χ2v) is 2.65. The van der Waals surface area contributed by atoms with E-state index < -0.39 is 0 Å². The molecule has 0 bridgehead atoms. The van der Waals surface area contributed by atoms with Gasteiger partial charge in [0.1, 0.15) is 6.26 Å². The van der Waals surface area contributed by atoms with E-state index in [9.17, 15) is 0 Å². The van der Waals surface area contributed by atoms with Crippen molar-refractivity contribution < 1.29 is 4.42 Å². The van der Waals surface area contributed by atoms with Gasteiger partial charge in [0.05, 0.1) is 12.0 Å². The van der Waals surface area contributed by atoms with Gasteiger partial charge in [-0.15, -0.1) is 0 Å². The van der Waals surface area contributed by atoms with Gasteiger partial charge in [-0.25, -0.2) is 0 Å². The van der Waals surface area contributed by atoms with E-state index in [1.165, 1.54) is 5.56 Å². The number of hydrogen-bond acceptors (Lipinski definition) is 2. The van der Waals surface area contributed by atoms with Gasteiger partial charge in [-0.3, -0.25) is 0 Å². The molecule has 0 saturated heterocycles. The number of furan rings is 1. The molecule has 0 aliphatic carbocycles. The van der Waals surface area contributed by atoms with E-state index in [1.54, 1.807) is 12.5 Å². The molecule has 1 unspecified atom stereocenters. The van der Waals surface area contributed by atoms with E-state index in [1.807, 2.05) is 0 Å². The fourth-order valence-electron chi connectivity index (χ4n) is 1.30. The van der Waals surface area contributed by atoms with Gasteiger partial charge in [0.15, 0.2) is 0 Å². The molecule has 53 valence electrons. The van der Waals surface area contributed by atoms with Gasteiger partial charge in [-0.2, -0.15) is 0 Å². The summed E-state index contributed by atoms with van der Waals surface area (Å²) in [5.74, 6) is 0.412. The van der Waals surface area contributed by atoms with Crippen molar-refractivity contribution in [3.05, 3.63) is 25.0 Å². The predicted octanol–water partition coefficient (Wildman–Crippen LogP) is 2.01. The van der Waals surface area contributed by atoms with Crippen LogP contribution < -0.4 is 5.32 Å². The van der Waals surface area contributed by atoms with Crippen molar-refractivity contribution in [2.45, 2.75) is 12.3 Å². The lowest BCUT2D eigenvalue weighted by Crippen LogP contribution is -2.12. The van der Waals surface area contributed by atoms with Crippen LogP contribution in [-0.2, 0) is 0 Å². The predicted molar refractivity (Wildman–Crippen MR) is 39.9 cm³/mol. The van der Waals surface area contributed by atoms with Gasteiger partial charge < -0.3 is 9.73 Å². The Kier molecular flexibility index (Phi) is 1.19. The van der Waals surface area contributed by atoms with Gasteiger partial charge in [-0.1, -0.05) is 0 Å². The molecule has 0 saturated carbocycles. The number of hydrogen-bond donors (Lipinski definition) is 1. The first-order valence-electron chi connectivity index (χ1n) is 3.51. The van der Waals surface area contributed by atoms with E-state index in [-0.39, 0.29) is 0 Å². The summed E-state index contributed by atoms with van der Waals surface area (Å²) in [6, 6.07) is 0. The fraction of sp³-hybridized carbons (Fsp3) is 0.375. The van der Waals surface area contributed by atoms with Crippen molar-refractivity contribution in [2.75, 3.05) is 11.9 Å². The molecule has 1 aromatic heterocycles. The summed E-state index contributed by atoms with van der Waals surface area (Å²) < 4.78 is 5.04. The molecule has 1 aliphatic rings. The zero-order chi connectivity index (χ0) is 6.97. The number of nitrogens with one attached hydrogen (secondary N) is 1. The average Bonchev–Trinajstić information content (AvgIpc) is 2.36. The highest BCUT2D eigenvalue weighted by atomic mass is 16.3.